The number of carbonyl (C=O) groups excluding carboxylic acids is 1. The number of hydrogen-bond donors (Lipinski definition) is 0. The molecule has 1 saturated heterocycles. The van der Waals surface area contributed by atoms with Crippen molar-refractivity contribution in [3.63, 3.8) is 0 Å². The summed E-state index contributed by atoms with van der Waals surface area (Å²) in [4.78, 5) is 14.4. The molecule has 1 aromatic rings. The van der Waals surface area contributed by atoms with Crippen molar-refractivity contribution in [3.05, 3.63) is 29.8 Å². The molecule has 0 bridgehead atoms. The molecular formula is C12H13N3O2. The topological polar surface area (TPSA) is 56.6 Å². The molecule has 1 aromatic carbocycles. The lowest BCUT2D eigenvalue weighted by molar-refractivity contribution is 0.205. The summed E-state index contributed by atoms with van der Waals surface area (Å²) in [6, 6.07) is 7.18. The number of urea groups is 1. The monoisotopic (exact) mass is 231 g/mol. The summed E-state index contributed by atoms with van der Waals surface area (Å²) >= 11 is 0. The maximum absolute atomic E-state index is 11.7. The second-order valence-electron chi connectivity index (χ2n) is 3.90. The Balaban J connectivity index is 2.29. The zero-order valence-corrected chi connectivity index (χ0v) is 9.75. The molecule has 1 atom stereocenters. The van der Waals surface area contributed by atoms with Crippen LogP contribution in [0.3, 0.4) is 0 Å². The van der Waals surface area contributed by atoms with Crippen LogP contribution in [0.1, 0.15) is 11.6 Å². The standard InChI is InChI=1S/C12H13N3O2/c1-14-11(7-15(8-13)12(14)16)9-4-3-5-10(6-9)17-2/h3-6,11H,7H2,1-2H3. The van der Waals surface area contributed by atoms with Gasteiger partial charge in [-0.1, -0.05) is 12.1 Å². The smallest absolute Gasteiger partial charge is 0.333 e. The number of carbonyl (C=O) groups is 1. The highest BCUT2D eigenvalue weighted by Crippen LogP contribution is 2.29. The SMILES string of the molecule is COc1cccc(C2CN(C#N)C(=O)N2C)c1. The first-order valence-electron chi connectivity index (χ1n) is 5.25. The van der Waals surface area contributed by atoms with Crippen molar-refractivity contribution in [1.29, 1.82) is 5.26 Å². The van der Waals surface area contributed by atoms with E-state index in [1.54, 1.807) is 19.1 Å². The first-order chi connectivity index (χ1) is 8.17. The molecule has 1 aliphatic rings. The first kappa shape index (κ1) is 11.3. The molecule has 88 valence electrons. The van der Waals surface area contributed by atoms with Crippen molar-refractivity contribution in [3.8, 4) is 11.9 Å². The van der Waals surface area contributed by atoms with Gasteiger partial charge < -0.3 is 9.64 Å². The molecule has 0 aromatic heterocycles. The third-order valence-electron chi connectivity index (χ3n) is 2.95. The molecule has 0 aliphatic carbocycles. The van der Waals surface area contributed by atoms with Gasteiger partial charge in [0.05, 0.1) is 19.7 Å². The molecule has 1 unspecified atom stereocenters. The summed E-state index contributed by atoms with van der Waals surface area (Å²) in [7, 11) is 3.30. The van der Waals surface area contributed by atoms with Crippen molar-refractivity contribution in [2.24, 2.45) is 0 Å². The number of ether oxygens (including phenoxy) is 1. The van der Waals surface area contributed by atoms with E-state index in [1.165, 1.54) is 0 Å². The highest BCUT2D eigenvalue weighted by Gasteiger charge is 2.35. The van der Waals surface area contributed by atoms with Gasteiger partial charge in [-0.2, -0.15) is 5.26 Å². The average molecular weight is 231 g/mol. The van der Waals surface area contributed by atoms with Crippen LogP contribution in [-0.2, 0) is 0 Å². The summed E-state index contributed by atoms with van der Waals surface area (Å²) in [6.07, 6.45) is 1.88. The fourth-order valence-electron chi connectivity index (χ4n) is 1.96. The van der Waals surface area contributed by atoms with Crippen LogP contribution in [0.5, 0.6) is 5.75 Å². The highest BCUT2D eigenvalue weighted by atomic mass is 16.5. The molecular weight excluding hydrogens is 218 g/mol. The number of rotatable bonds is 2. The first-order valence-corrected chi connectivity index (χ1v) is 5.25. The molecule has 0 radical (unpaired) electrons. The Morgan fingerprint density at radius 3 is 2.88 bits per heavy atom. The molecule has 0 saturated carbocycles. The summed E-state index contributed by atoms with van der Waals surface area (Å²) < 4.78 is 5.15. The third kappa shape index (κ3) is 1.89. The Labute approximate surface area is 99.8 Å². The van der Waals surface area contributed by atoms with Crippen LogP contribution in [-0.4, -0.2) is 36.5 Å². The van der Waals surface area contributed by atoms with E-state index in [1.807, 2.05) is 30.5 Å². The minimum absolute atomic E-state index is 0.0998. The van der Waals surface area contributed by atoms with Gasteiger partial charge in [0.15, 0.2) is 6.19 Å². The van der Waals surface area contributed by atoms with Gasteiger partial charge >= 0.3 is 6.03 Å². The van der Waals surface area contributed by atoms with Crippen molar-refractivity contribution >= 4 is 6.03 Å². The fourth-order valence-corrected chi connectivity index (χ4v) is 1.96. The molecule has 1 heterocycles. The fraction of sp³-hybridized carbons (Fsp3) is 0.333. The van der Waals surface area contributed by atoms with Gasteiger partial charge in [0, 0.05) is 7.05 Å². The summed E-state index contributed by atoms with van der Waals surface area (Å²) in [5.41, 5.74) is 0.970. The normalized spacial score (nSPS) is 19.4. The van der Waals surface area contributed by atoms with E-state index < -0.39 is 0 Å². The van der Waals surface area contributed by atoms with Crippen molar-refractivity contribution in [2.45, 2.75) is 6.04 Å². The Hall–Kier alpha value is -2.22. The molecule has 1 aliphatic heterocycles. The van der Waals surface area contributed by atoms with Gasteiger partial charge in [-0.25, -0.2) is 9.69 Å². The molecule has 2 rings (SSSR count). The number of methoxy groups -OCH3 is 1. The van der Waals surface area contributed by atoms with Crippen LogP contribution in [0.25, 0.3) is 0 Å². The van der Waals surface area contributed by atoms with E-state index in [4.69, 9.17) is 10.00 Å². The van der Waals surface area contributed by atoms with Crippen molar-refractivity contribution in [2.75, 3.05) is 20.7 Å². The van der Waals surface area contributed by atoms with Crippen LogP contribution < -0.4 is 4.74 Å². The van der Waals surface area contributed by atoms with Gasteiger partial charge in [-0.3, -0.25) is 0 Å². The van der Waals surface area contributed by atoms with Gasteiger partial charge in [-0.05, 0) is 17.7 Å². The highest BCUT2D eigenvalue weighted by molar-refractivity contribution is 5.78. The van der Waals surface area contributed by atoms with Crippen LogP contribution in [0, 0.1) is 11.5 Å². The van der Waals surface area contributed by atoms with Gasteiger partial charge in [0.1, 0.15) is 5.75 Å². The third-order valence-corrected chi connectivity index (χ3v) is 2.95. The Morgan fingerprint density at radius 2 is 2.29 bits per heavy atom. The van der Waals surface area contributed by atoms with Gasteiger partial charge in [-0.15, -0.1) is 0 Å². The number of likely N-dealkylation sites (N-methyl/N-ethyl adjacent to an activating group) is 1. The second-order valence-corrected chi connectivity index (χ2v) is 3.90. The van der Waals surface area contributed by atoms with Crippen molar-refractivity contribution < 1.29 is 9.53 Å². The number of nitriles is 1. The maximum atomic E-state index is 11.7. The zero-order chi connectivity index (χ0) is 12.4. The van der Waals surface area contributed by atoms with Crippen LogP contribution >= 0.6 is 0 Å². The largest absolute Gasteiger partial charge is 0.497 e. The average Bonchev–Trinajstić information content (AvgIpc) is 2.66. The molecule has 2 amide bonds. The number of hydrogen-bond acceptors (Lipinski definition) is 3. The van der Waals surface area contributed by atoms with Gasteiger partial charge in [0.25, 0.3) is 0 Å². The Kier molecular flexibility index (Phi) is 2.88. The van der Waals surface area contributed by atoms with E-state index in [0.717, 1.165) is 16.2 Å². The summed E-state index contributed by atoms with van der Waals surface area (Å²) in [5.74, 6) is 0.749. The minimum Gasteiger partial charge on any atom is -0.497 e. The predicted octanol–water partition coefficient (Wildman–Crippen LogP) is 1.58. The zero-order valence-electron chi connectivity index (χ0n) is 9.75. The molecule has 5 nitrogen and oxygen atoms in total. The second kappa shape index (κ2) is 4.34. The minimum atomic E-state index is -0.264. The number of benzene rings is 1. The van der Waals surface area contributed by atoms with E-state index in [0.29, 0.717) is 6.54 Å². The van der Waals surface area contributed by atoms with Gasteiger partial charge in [0.2, 0.25) is 0 Å². The van der Waals surface area contributed by atoms with Crippen molar-refractivity contribution in [1.82, 2.24) is 9.80 Å². The molecule has 1 fully saturated rings. The van der Waals surface area contributed by atoms with Crippen LogP contribution in [0.15, 0.2) is 24.3 Å². The Morgan fingerprint density at radius 1 is 1.53 bits per heavy atom. The Bertz CT molecular complexity index is 481. The maximum Gasteiger partial charge on any atom is 0.333 e. The summed E-state index contributed by atoms with van der Waals surface area (Å²) in [5, 5.41) is 8.82. The van der Waals surface area contributed by atoms with E-state index in [2.05, 4.69) is 0 Å². The lowest BCUT2D eigenvalue weighted by Gasteiger charge is -2.18. The van der Waals surface area contributed by atoms with Crippen LogP contribution in [0.4, 0.5) is 4.79 Å². The molecule has 5 heteroatoms. The van der Waals surface area contributed by atoms with Crippen LogP contribution in [0.2, 0.25) is 0 Å². The summed E-state index contributed by atoms with van der Waals surface area (Å²) in [6.45, 7) is 0.388. The predicted molar refractivity (Wildman–Crippen MR) is 61.2 cm³/mol. The molecule has 0 spiro atoms. The molecule has 17 heavy (non-hydrogen) atoms. The van der Waals surface area contributed by atoms with E-state index >= 15 is 0 Å². The van der Waals surface area contributed by atoms with E-state index in [-0.39, 0.29) is 12.1 Å². The lowest BCUT2D eigenvalue weighted by Crippen LogP contribution is -2.26. The number of amides is 2. The quantitative estimate of drug-likeness (QED) is 0.726. The lowest BCUT2D eigenvalue weighted by atomic mass is 10.1. The molecule has 0 N–H and O–H groups in total. The van der Waals surface area contributed by atoms with E-state index in [9.17, 15) is 4.79 Å². The number of nitrogens with zero attached hydrogens (tertiary/aromatic N) is 3.